The molecule has 0 aliphatic carbocycles. The second kappa shape index (κ2) is 12.0. The van der Waals surface area contributed by atoms with Crippen LogP contribution in [0.4, 0.5) is 0 Å². The van der Waals surface area contributed by atoms with Gasteiger partial charge in [-0.25, -0.2) is 21.6 Å². The number of sulfonamides is 1. The fourth-order valence-corrected chi connectivity index (χ4v) is 5.54. The fraction of sp³-hybridized carbons (Fsp3) is 0.269. The summed E-state index contributed by atoms with van der Waals surface area (Å²) in [6.45, 7) is 4.07. The van der Waals surface area contributed by atoms with Crippen LogP contribution in [0.5, 0.6) is 11.5 Å². The predicted octanol–water partition coefficient (Wildman–Crippen LogP) is 3.13. The molecule has 1 aliphatic heterocycles. The summed E-state index contributed by atoms with van der Waals surface area (Å²) < 4.78 is 62.6. The number of hydrogen-bond donors (Lipinski definition) is 1. The van der Waals surface area contributed by atoms with E-state index in [1.54, 1.807) is 42.5 Å². The van der Waals surface area contributed by atoms with Gasteiger partial charge in [-0.1, -0.05) is 44.2 Å². The van der Waals surface area contributed by atoms with E-state index >= 15 is 0 Å². The normalized spacial score (nSPS) is 13.6. The van der Waals surface area contributed by atoms with E-state index in [-0.39, 0.29) is 80.3 Å². The Labute approximate surface area is 260 Å². The van der Waals surface area contributed by atoms with Crippen LogP contribution in [0.25, 0.3) is 0 Å². The Kier molecular flexibility index (Phi) is 9.65. The minimum absolute atomic E-state index is 0. The van der Waals surface area contributed by atoms with Gasteiger partial charge in [0.15, 0.2) is 21.3 Å². The number of nitrogens with one attached hydrogen (secondary N) is 1. The molecule has 1 atom stereocenters. The summed E-state index contributed by atoms with van der Waals surface area (Å²) in [6, 6.07) is 17.6. The quantitative estimate of drug-likeness (QED) is 0.415. The molecule has 0 saturated heterocycles. The summed E-state index contributed by atoms with van der Waals surface area (Å²) in [6.07, 6.45) is 1.25. The SMILES string of the molecule is CC(C)c1ccc(S(=O)(=O)NC(=O)C(Cc2ccc(S(C)(=O)=O)cc2)c2ccc3c(c2)OCO3)cc1.[KH]. The molecule has 1 aliphatic rings. The molecule has 0 spiro atoms. The van der Waals surface area contributed by atoms with Crippen LogP contribution in [0.15, 0.2) is 76.5 Å². The van der Waals surface area contributed by atoms with E-state index < -0.39 is 31.7 Å². The summed E-state index contributed by atoms with van der Waals surface area (Å²) in [5.74, 6) is -0.374. The van der Waals surface area contributed by atoms with Crippen molar-refractivity contribution in [2.45, 2.75) is 41.9 Å². The van der Waals surface area contributed by atoms with Gasteiger partial charge in [0.1, 0.15) is 0 Å². The Hall–Kier alpha value is -1.73. The minimum atomic E-state index is -4.12. The molecule has 0 bridgehead atoms. The first-order valence-corrected chi connectivity index (χ1v) is 14.7. The Balaban J connectivity index is 0.00000380. The molecular weight excluding hydrogens is 542 g/mol. The van der Waals surface area contributed by atoms with Crippen LogP contribution in [0.3, 0.4) is 0 Å². The average molecular weight is 570 g/mol. The van der Waals surface area contributed by atoms with E-state index in [4.69, 9.17) is 9.47 Å². The number of carbonyl (C=O) groups excluding carboxylic acids is 1. The van der Waals surface area contributed by atoms with Crippen LogP contribution in [0.2, 0.25) is 0 Å². The van der Waals surface area contributed by atoms with Crippen LogP contribution in [-0.4, -0.2) is 87.2 Å². The fourth-order valence-electron chi connectivity index (χ4n) is 3.89. The molecule has 1 N–H and O–H groups in total. The van der Waals surface area contributed by atoms with Gasteiger partial charge in [0, 0.05) is 6.26 Å². The predicted molar refractivity (Wildman–Crippen MR) is 142 cm³/mol. The van der Waals surface area contributed by atoms with Gasteiger partial charge in [-0.05, 0) is 65.4 Å². The van der Waals surface area contributed by atoms with Crippen LogP contribution >= 0.6 is 0 Å². The molecule has 192 valence electrons. The van der Waals surface area contributed by atoms with E-state index in [0.717, 1.165) is 11.8 Å². The topological polar surface area (TPSA) is 116 Å². The second-order valence-electron chi connectivity index (χ2n) is 8.98. The van der Waals surface area contributed by atoms with E-state index in [2.05, 4.69) is 4.72 Å². The first-order valence-electron chi connectivity index (χ1n) is 11.3. The summed E-state index contributed by atoms with van der Waals surface area (Å²) in [4.78, 5) is 13.5. The van der Waals surface area contributed by atoms with Gasteiger partial charge >= 0.3 is 51.4 Å². The number of rotatable bonds is 8. The summed E-state index contributed by atoms with van der Waals surface area (Å²) in [5.41, 5.74) is 2.18. The number of benzene rings is 3. The zero-order valence-electron chi connectivity index (χ0n) is 20.1. The number of ether oxygens (including phenoxy) is 2. The average Bonchev–Trinajstić information content (AvgIpc) is 3.30. The number of sulfone groups is 1. The summed E-state index contributed by atoms with van der Waals surface area (Å²) in [5, 5.41) is 0. The zero-order chi connectivity index (χ0) is 26.1. The molecular formula is C26H28KNO7S2. The van der Waals surface area contributed by atoms with Crippen molar-refractivity contribution in [2.24, 2.45) is 0 Å². The van der Waals surface area contributed by atoms with Gasteiger partial charge in [-0.3, -0.25) is 4.79 Å². The molecule has 3 aromatic rings. The Bertz CT molecular complexity index is 1480. The van der Waals surface area contributed by atoms with Crippen molar-refractivity contribution in [3.63, 3.8) is 0 Å². The van der Waals surface area contributed by atoms with Gasteiger partial charge in [0.05, 0.1) is 15.7 Å². The van der Waals surface area contributed by atoms with Crippen LogP contribution < -0.4 is 14.2 Å². The number of fused-ring (bicyclic) bond motifs is 1. The summed E-state index contributed by atoms with van der Waals surface area (Å²) >= 11 is 0. The van der Waals surface area contributed by atoms with Gasteiger partial charge in [-0.2, -0.15) is 0 Å². The van der Waals surface area contributed by atoms with Crippen molar-refractivity contribution in [1.29, 1.82) is 0 Å². The maximum atomic E-state index is 13.4. The van der Waals surface area contributed by atoms with E-state index in [1.165, 1.54) is 24.3 Å². The number of carbonyl (C=O) groups is 1. The maximum absolute atomic E-state index is 13.4. The summed E-state index contributed by atoms with van der Waals surface area (Å²) in [7, 11) is -7.50. The van der Waals surface area contributed by atoms with Crippen LogP contribution in [0.1, 0.15) is 42.4 Å². The monoisotopic (exact) mass is 569 g/mol. The molecule has 0 radical (unpaired) electrons. The second-order valence-corrected chi connectivity index (χ2v) is 12.7. The van der Waals surface area contributed by atoms with Gasteiger partial charge < -0.3 is 9.47 Å². The van der Waals surface area contributed by atoms with Crippen molar-refractivity contribution in [3.05, 3.63) is 83.4 Å². The molecule has 8 nitrogen and oxygen atoms in total. The van der Waals surface area contributed by atoms with Crippen molar-refractivity contribution >= 4 is 77.2 Å². The molecule has 0 saturated carbocycles. The molecule has 1 amide bonds. The Morgan fingerprint density at radius 1 is 0.838 bits per heavy atom. The van der Waals surface area contributed by atoms with Crippen LogP contribution in [-0.2, 0) is 31.1 Å². The first kappa shape index (κ1) is 29.8. The molecule has 4 rings (SSSR count). The van der Waals surface area contributed by atoms with E-state index in [0.29, 0.717) is 22.6 Å². The standard InChI is InChI=1S/C26H27NO7S2.K.H/c1-17(2)19-6-11-22(12-7-19)36(31,32)27-26(28)23(20-8-13-24-25(15-20)34-16-33-24)14-18-4-9-21(10-5-18)35(3,29)30;;/h4-13,15,17,23H,14,16H2,1-3H3,(H,27,28);;. The number of hydrogen-bond acceptors (Lipinski definition) is 7. The van der Waals surface area contributed by atoms with Gasteiger partial charge in [-0.15, -0.1) is 0 Å². The van der Waals surface area contributed by atoms with Crippen LogP contribution in [0, 0.1) is 0 Å². The number of amides is 1. The van der Waals surface area contributed by atoms with Crippen molar-refractivity contribution < 1.29 is 31.1 Å². The van der Waals surface area contributed by atoms with E-state index in [1.807, 2.05) is 13.8 Å². The molecule has 3 aromatic carbocycles. The first-order chi connectivity index (χ1) is 16.9. The third-order valence-corrected chi connectivity index (χ3v) is 8.49. The molecule has 0 fully saturated rings. The zero-order valence-corrected chi connectivity index (χ0v) is 21.7. The molecule has 0 aromatic heterocycles. The molecule has 1 heterocycles. The third kappa shape index (κ3) is 7.23. The Morgan fingerprint density at radius 2 is 1.41 bits per heavy atom. The van der Waals surface area contributed by atoms with Crippen molar-refractivity contribution in [3.8, 4) is 11.5 Å². The van der Waals surface area contributed by atoms with Gasteiger partial charge in [0.2, 0.25) is 12.7 Å². The molecule has 11 heteroatoms. The van der Waals surface area contributed by atoms with Crippen molar-refractivity contribution in [1.82, 2.24) is 4.72 Å². The van der Waals surface area contributed by atoms with E-state index in [9.17, 15) is 21.6 Å². The van der Waals surface area contributed by atoms with Gasteiger partial charge in [0.25, 0.3) is 10.0 Å². The molecule has 1 unspecified atom stereocenters. The Morgan fingerprint density at radius 3 is 2.00 bits per heavy atom. The molecule has 37 heavy (non-hydrogen) atoms. The third-order valence-electron chi connectivity index (χ3n) is 6.00. The van der Waals surface area contributed by atoms with Crippen molar-refractivity contribution in [2.75, 3.05) is 13.0 Å².